The second-order valence-corrected chi connectivity index (χ2v) is 5.34. The van der Waals surface area contributed by atoms with Gasteiger partial charge in [0.1, 0.15) is 5.82 Å². The minimum atomic E-state index is 0.242. The summed E-state index contributed by atoms with van der Waals surface area (Å²) < 4.78 is 0. The Morgan fingerprint density at radius 1 is 1.45 bits per heavy atom. The van der Waals surface area contributed by atoms with Crippen molar-refractivity contribution in [3.8, 4) is 0 Å². The Balaban J connectivity index is 1.85. The van der Waals surface area contributed by atoms with Crippen molar-refractivity contribution in [3.05, 3.63) is 23.9 Å². The molecule has 1 saturated heterocycles. The highest BCUT2D eigenvalue weighted by molar-refractivity contribution is 5.78. The van der Waals surface area contributed by atoms with Crippen molar-refractivity contribution in [1.29, 1.82) is 0 Å². The maximum absolute atomic E-state index is 12.1. The molecule has 1 aliphatic rings. The number of carbonyl (C=O) groups is 1. The van der Waals surface area contributed by atoms with Crippen LogP contribution in [0.1, 0.15) is 25.3 Å². The Labute approximate surface area is 121 Å². The van der Waals surface area contributed by atoms with E-state index in [2.05, 4.69) is 22.1 Å². The lowest BCUT2D eigenvalue weighted by Gasteiger charge is -2.21. The fourth-order valence-corrected chi connectivity index (χ4v) is 2.52. The van der Waals surface area contributed by atoms with Gasteiger partial charge in [-0.05, 0) is 44.5 Å². The number of hydrogen-bond acceptors (Lipinski definition) is 4. The molecule has 0 aliphatic carbocycles. The monoisotopic (exact) mass is 276 g/mol. The van der Waals surface area contributed by atoms with Gasteiger partial charge in [0.2, 0.25) is 5.91 Å². The van der Waals surface area contributed by atoms with E-state index in [0.29, 0.717) is 6.54 Å². The zero-order valence-electron chi connectivity index (χ0n) is 12.4. The van der Waals surface area contributed by atoms with E-state index in [9.17, 15) is 4.79 Å². The van der Waals surface area contributed by atoms with E-state index in [0.717, 1.165) is 44.8 Å². The van der Waals surface area contributed by atoms with Crippen molar-refractivity contribution in [3.63, 3.8) is 0 Å². The van der Waals surface area contributed by atoms with Crippen LogP contribution >= 0.6 is 0 Å². The average molecular weight is 276 g/mol. The highest BCUT2D eigenvalue weighted by Crippen LogP contribution is 2.11. The fourth-order valence-electron chi connectivity index (χ4n) is 2.52. The summed E-state index contributed by atoms with van der Waals surface area (Å²) >= 11 is 0. The number of nitrogens with one attached hydrogen (secondary N) is 1. The maximum Gasteiger partial charge on any atom is 0.236 e. The third-order valence-electron chi connectivity index (χ3n) is 3.50. The summed E-state index contributed by atoms with van der Waals surface area (Å²) in [5.41, 5.74) is 1.17. The molecule has 20 heavy (non-hydrogen) atoms. The second-order valence-electron chi connectivity index (χ2n) is 5.34. The lowest BCUT2D eigenvalue weighted by molar-refractivity contribution is -0.131. The molecule has 2 rings (SSSR count). The lowest BCUT2D eigenvalue weighted by atomic mass is 10.2. The molecule has 0 atom stereocenters. The zero-order chi connectivity index (χ0) is 14.4. The molecule has 1 aromatic rings. The van der Waals surface area contributed by atoms with Gasteiger partial charge in [0.25, 0.3) is 0 Å². The first kappa shape index (κ1) is 14.8. The minimum absolute atomic E-state index is 0.242. The number of nitrogens with zero attached hydrogens (tertiary/aromatic N) is 3. The van der Waals surface area contributed by atoms with Crippen LogP contribution in [0.25, 0.3) is 0 Å². The van der Waals surface area contributed by atoms with Crippen molar-refractivity contribution in [2.45, 2.75) is 26.3 Å². The molecule has 110 valence electrons. The molecule has 0 bridgehead atoms. The molecule has 0 spiro atoms. The molecule has 5 heteroatoms. The molecule has 1 N–H and O–H groups in total. The number of aromatic nitrogens is 1. The van der Waals surface area contributed by atoms with E-state index in [4.69, 9.17) is 0 Å². The van der Waals surface area contributed by atoms with Crippen LogP contribution < -0.4 is 5.32 Å². The van der Waals surface area contributed by atoms with Crippen molar-refractivity contribution >= 4 is 11.7 Å². The first-order valence-corrected chi connectivity index (χ1v) is 7.34. The van der Waals surface area contributed by atoms with Crippen LogP contribution in [0.2, 0.25) is 0 Å². The lowest BCUT2D eigenvalue weighted by Crippen LogP contribution is -2.36. The van der Waals surface area contributed by atoms with E-state index in [1.165, 1.54) is 5.56 Å². The second kappa shape index (κ2) is 7.24. The molecular weight excluding hydrogens is 252 g/mol. The van der Waals surface area contributed by atoms with E-state index in [1.54, 1.807) is 0 Å². The Morgan fingerprint density at radius 2 is 2.20 bits per heavy atom. The number of hydrogen-bond donors (Lipinski definition) is 1. The van der Waals surface area contributed by atoms with Gasteiger partial charge in [0, 0.05) is 32.4 Å². The number of rotatable bonds is 6. The number of pyridine rings is 1. The molecule has 0 aromatic carbocycles. The summed E-state index contributed by atoms with van der Waals surface area (Å²) in [7, 11) is 1.99. The first-order valence-electron chi connectivity index (χ1n) is 7.34. The van der Waals surface area contributed by atoms with Gasteiger partial charge in [0.05, 0.1) is 6.54 Å². The molecule has 1 aromatic heterocycles. The van der Waals surface area contributed by atoms with E-state index < -0.39 is 0 Å². The summed E-state index contributed by atoms with van der Waals surface area (Å²) in [6.45, 7) is 6.01. The minimum Gasteiger partial charge on any atom is -0.370 e. The smallest absolute Gasteiger partial charge is 0.236 e. The van der Waals surface area contributed by atoms with E-state index in [-0.39, 0.29) is 5.91 Å². The quantitative estimate of drug-likeness (QED) is 0.857. The predicted octanol–water partition coefficient (Wildman–Crippen LogP) is 1.57. The first-order chi connectivity index (χ1) is 9.69. The molecule has 2 heterocycles. The molecule has 0 radical (unpaired) electrons. The van der Waals surface area contributed by atoms with Crippen molar-refractivity contribution < 1.29 is 4.79 Å². The summed E-state index contributed by atoms with van der Waals surface area (Å²) in [5.74, 6) is 1.13. The number of amides is 1. The van der Waals surface area contributed by atoms with Gasteiger partial charge < -0.3 is 10.2 Å². The largest absolute Gasteiger partial charge is 0.370 e. The van der Waals surface area contributed by atoms with Gasteiger partial charge >= 0.3 is 0 Å². The van der Waals surface area contributed by atoms with Crippen LogP contribution in [0.4, 0.5) is 5.82 Å². The van der Waals surface area contributed by atoms with Crippen molar-refractivity contribution in [1.82, 2.24) is 14.8 Å². The van der Waals surface area contributed by atoms with Crippen molar-refractivity contribution in [2.75, 3.05) is 38.5 Å². The standard InChI is InChI=1S/C15H24N4O/c1-3-16-14-10-13(6-7-17-14)11-18(2)12-15(20)19-8-4-5-9-19/h6-7,10H,3-5,8-9,11-12H2,1-2H3,(H,16,17). The third-order valence-corrected chi connectivity index (χ3v) is 3.50. The molecule has 1 fully saturated rings. The third kappa shape index (κ3) is 4.20. The van der Waals surface area contributed by atoms with Gasteiger partial charge in [0.15, 0.2) is 0 Å². The molecular formula is C15H24N4O. The van der Waals surface area contributed by atoms with Gasteiger partial charge in [-0.2, -0.15) is 0 Å². The number of likely N-dealkylation sites (N-methyl/N-ethyl adjacent to an activating group) is 1. The molecule has 5 nitrogen and oxygen atoms in total. The summed E-state index contributed by atoms with van der Waals surface area (Å²) in [4.78, 5) is 20.4. The number of carbonyl (C=O) groups excluding carboxylic acids is 1. The maximum atomic E-state index is 12.1. The molecule has 1 amide bonds. The highest BCUT2D eigenvalue weighted by atomic mass is 16.2. The number of anilines is 1. The number of likely N-dealkylation sites (tertiary alicyclic amines) is 1. The highest BCUT2D eigenvalue weighted by Gasteiger charge is 2.18. The van der Waals surface area contributed by atoms with Crippen LogP contribution in [0, 0.1) is 0 Å². The fraction of sp³-hybridized carbons (Fsp3) is 0.600. The van der Waals surface area contributed by atoms with Gasteiger partial charge in [-0.25, -0.2) is 4.98 Å². The van der Waals surface area contributed by atoms with Crippen LogP contribution in [0.3, 0.4) is 0 Å². The van der Waals surface area contributed by atoms with Crippen LogP contribution in [-0.2, 0) is 11.3 Å². The van der Waals surface area contributed by atoms with Crippen LogP contribution in [-0.4, -0.2) is 53.9 Å². The molecule has 0 unspecified atom stereocenters. The van der Waals surface area contributed by atoms with E-state index in [1.807, 2.05) is 30.3 Å². The molecule has 1 aliphatic heterocycles. The van der Waals surface area contributed by atoms with Gasteiger partial charge in [-0.3, -0.25) is 9.69 Å². The summed E-state index contributed by atoms with van der Waals surface area (Å²) in [6, 6.07) is 4.04. The molecule has 0 saturated carbocycles. The van der Waals surface area contributed by atoms with Gasteiger partial charge in [-0.15, -0.1) is 0 Å². The Morgan fingerprint density at radius 3 is 2.90 bits per heavy atom. The van der Waals surface area contributed by atoms with Crippen molar-refractivity contribution in [2.24, 2.45) is 0 Å². The normalized spacial score (nSPS) is 14.8. The zero-order valence-corrected chi connectivity index (χ0v) is 12.4. The predicted molar refractivity (Wildman–Crippen MR) is 80.5 cm³/mol. The topological polar surface area (TPSA) is 48.5 Å². The summed E-state index contributed by atoms with van der Waals surface area (Å²) in [5, 5.41) is 3.20. The average Bonchev–Trinajstić information content (AvgIpc) is 2.93. The van der Waals surface area contributed by atoms with Gasteiger partial charge in [-0.1, -0.05) is 0 Å². The SMILES string of the molecule is CCNc1cc(CN(C)CC(=O)N2CCCC2)ccn1. The Kier molecular flexibility index (Phi) is 5.35. The van der Waals surface area contributed by atoms with Crippen LogP contribution in [0.15, 0.2) is 18.3 Å². The van der Waals surface area contributed by atoms with Crippen LogP contribution in [0.5, 0.6) is 0 Å². The Hall–Kier alpha value is -1.62. The van der Waals surface area contributed by atoms with E-state index >= 15 is 0 Å². The Bertz CT molecular complexity index is 443. The summed E-state index contributed by atoms with van der Waals surface area (Å²) in [6.07, 6.45) is 4.10.